The maximum Gasteiger partial charge on any atom is 0.127 e. The Bertz CT molecular complexity index is 589. The van der Waals surface area contributed by atoms with Crippen molar-refractivity contribution in [3.05, 3.63) is 64.7 Å². The summed E-state index contributed by atoms with van der Waals surface area (Å²) in [6, 6.07) is 11.2. The topological polar surface area (TPSA) is 12.0 Å². The molecular formula is C16H16ClF2NS. The van der Waals surface area contributed by atoms with Gasteiger partial charge >= 0.3 is 0 Å². The monoisotopic (exact) mass is 327 g/mol. The van der Waals surface area contributed by atoms with E-state index in [1.165, 1.54) is 18.2 Å². The van der Waals surface area contributed by atoms with Crippen LogP contribution in [0.15, 0.2) is 47.4 Å². The number of benzene rings is 2. The van der Waals surface area contributed by atoms with Crippen LogP contribution in [0.5, 0.6) is 0 Å². The first-order chi connectivity index (χ1) is 10.1. The first-order valence-corrected chi connectivity index (χ1v) is 7.94. The molecule has 0 saturated carbocycles. The van der Waals surface area contributed by atoms with Gasteiger partial charge in [-0.25, -0.2) is 8.78 Å². The highest BCUT2D eigenvalue weighted by Crippen LogP contribution is 2.21. The van der Waals surface area contributed by atoms with Crippen LogP contribution < -0.4 is 5.32 Å². The van der Waals surface area contributed by atoms with Crippen molar-refractivity contribution in [1.29, 1.82) is 0 Å². The third-order valence-corrected chi connectivity index (χ3v) is 4.56. The van der Waals surface area contributed by atoms with Gasteiger partial charge < -0.3 is 5.32 Å². The molecule has 2 aromatic rings. The first-order valence-electron chi connectivity index (χ1n) is 6.58. The Labute approximate surface area is 132 Å². The molecule has 2 aromatic carbocycles. The molecule has 0 aliphatic rings. The Hall–Kier alpha value is -1.10. The van der Waals surface area contributed by atoms with Crippen LogP contribution >= 0.6 is 23.4 Å². The predicted octanol–water partition coefficient (Wildman–Crippen LogP) is 4.54. The van der Waals surface area contributed by atoms with E-state index in [0.717, 1.165) is 10.6 Å². The molecule has 5 heteroatoms. The average Bonchev–Trinajstić information content (AvgIpc) is 2.47. The second-order valence-corrected chi connectivity index (χ2v) is 6.22. The van der Waals surface area contributed by atoms with Gasteiger partial charge in [0.2, 0.25) is 0 Å². The average molecular weight is 328 g/mol. The molecule has 0 amide bonds. The van der Waals surface area contributed by atoms with E-state index in [9.17, 15) is 8.78 Å². The molecule has 2 rings (SSSR count). The molecule has 1 atom stereocenters. The van der Waals surface area contributed by atoms with Gasteiger partial charge in [0.05, 0.1) is 0 Å². The summed E-state index contributed by atoms with van der Waals surface area (Å²) in [6.07, 6.45) is 0.577. The first kappa shape index (κ1) is 16.3. The summed E-state index contributed by atoms with van der Waals surface area (Å²) in [5.41, 5.74) is 0.637. The maximum absolute atomic E-state index is 13.8. The van der Waals surface area contributed by atoms with Crippen molar-refractivity contribution in [3.8, 4) is 0 Å². The molecule has 0 aromatic heterocycles. The smallest absolute Gasteiger partial charge is 0.127 e. The molecule has 0 bridgehead atoms. The van der Waals surface area contributed by atoms with Gasteiger partial charge in [0.1, 0.15) is 11.6 Å². The third kappa shape index (κ3) is 4.99. The van der Waals surface area contributed by atoms with Crippen LogP contribution in [0.1, 0.15) is 5.56 Å². The molecule has 0 radical (unpaired) electrons. The lowest BCUT2D eigenvalue weighted by Crippen LogP contribution is -2.30. The van der Waals surface area contributed by atoms with Crippen LogP contribution in [0, 0.1) is 11.6 Å². The molecule has 21 heavy (non-hydrogen) atoms. The fourth-order valence-corrected chi connectivity index (χ4v) is 3.09. The summed E-state index contributed by atoms with van der Waals surface area (Å²) in [5, 5.41) is 3.58. The molecule has 1 unspecified atom stereocenters. The van der Waals surface area contributed by atoms with Crippen LogP contribution in [0.25, 0.3) is 0 Å². The number of likely N-dealkylation sites (N-methyl/N-ethyl adjacent to an activating group) is 1. The minimum atomic E-state index is -0.283. The summed E-state index contributed by atoms with van der Waals surface area (Å²) >= 11 is 7.36. The van der Waals surface area contributed by atoms with Gasteiger partial charge in [-0.2, -0.15) is 0 Å². The van der Waals surface area contributed by atoms with E-state index in [1.54, 1.807) is 36.0 Å². The largest absolute Gasteiger partial charge is 0.316 e. The zero-order chi connectivity index (χ0) is 15.2. The molecule has 0 spiro atoms. The lowest BCUT2D eigenvalue weighted by molar-refractivity contribution is 0.568. The maximum atomic E-state index is 13.8. The molecular weight excluding hydrogens is 312 g/mol. The van der Waals surface area contributed by atoms with Gasteiger partial charge in [0.15, 0.2) is 0 Å². The fourth-order valence-electron chi connectivity index (χ4n) is 1.92. The minimum Gasteiger partial charge on any atom is -0.316 e. The second kappa shape index (κ2) is 7.78. The van der Waals surface area contributed by atoms with Crippen LogP contribution in [0.4, 0.5) is 8.78 Å². The summed E-state index contributed by atoms with van der Waals surface area (Å²) in [4.78, 5) is 0.994. The SMILES string of the molecule is CNC(CSc1ccc(F)cc1)Cc1ccc(Cl)cc1F. The van der Waals surface area contributed by atoms with Crippen molar-refractivity contribution in [2.75, 3.05) is 12.8 Å². The van der Waals surface area contributed by atoms with Crippen molar-refractivity contribution in [2.45, 2.75) is 17.4 Å². The van der Waals surface area contributed by atoms with E-state index in [0.29, 0.717) is 17.0 Å². The van der Waals surface area contributed by atoms with E-state index in [2.05, 4.69) is 5.32 Å². The molecule has 0 aliphatic heterocycles. The van der Waals surface area contributed by atoms with Crippen molar-refractivity contribution < 1.29 is 8.78 Å². The molecule has 1 nitrogen and oxygen atoms in total. The highest BCUT2D eigenvalue weighted by atomic mass is 35.5. The summed E-state index contributed by atoms with van der Waals surface area (Å²) in [7, 11) is 1.85. The number of nitrogens with one attached hydrogen (secondary N) is 1. The highest BCUT2D eigenvalue weighted by molar-refractivity contribution is 7.99. The Morgan fingerprint density at radius 3 is 2.48 bits per heavy atom. The summed E-state index contributed by atoms with van der Waals surface area (Å²) < 4.78 is 26.6. The Morgan fingerprint density at radius 2 is 1.86 bits per heavy atom. The third-order valence-electron chi connectivity index (χ3n) is 3.15. The zero-order valence-electron chi connectivity index (χ0n) is 11.6. The lowest BCUT2D eigenvalue weighted by Gasteiger charge is -2.16. The predicted molar refractivity (Wildman–Crippen MR) is 85.1 cm³/mol. The van der Waals surface area contributed by atoms with Gasteiger partial charge in [-0.1, -0.05) is 17.7 Å². The zero-order valence-corrected chi connectivity index (χ0v) is 13.1. The summed E-state index contributed by atoms with van der Waals surface area (Å²) in [6.45, 7) is 0. The van der Waals surface area contributed by atoms with Crippen molar-refractivity contribution >= 4 is 23.4 Å². The van der Waals surface area contributed by atoms with Gasteiger partial charge in [-0.15, -0.1) is 11.8 Å². The van der Waals surface area contributed by atoms with Gasteiger partial charge in [-0.05, 0) is 55.4 Å². The Kier molecular flexibility index (Phi) is 6.03. The van der Waals surface area contributed by atoms with Crippen LogP contribution in [0.2, 0.25) is 5.02 Å². The molecule has 0 fully saturated rings. The van der Waals surface area contributed by atoms with E-state index in [1.807, 2.05) is 7.05 Å². The number of hydrogen-bond donors (Lipinski definition) is 1. The highest BCUT2D eigenvalue weighted by Gasteiger charge is 2.11. The van der Waals surface area contributed by atoms with Crippen molar-refractivity contribution in [3.63, 3.8) is 0 Å². The van der Waals surface area contributed by atoms with Gasteiger partial charge in [-0.3, -0.25) is 0 Å². The molecule has 0 aliphatic carbocycles. The second-order valence-electron chi connectivity index (χ2n) is 4.69. The number of halogens is 3. The molecule has 1 N–H and O–H groups in total. The quantitative estimate of drug-likeness (QED) is 0.782. The molecule has 112 valence electrons. The minimum absolute atomic E-state index is 0.121. The standard InChI is InChI=1S/C16H16ClF2NS/c1-20-14(8-11-2-3-12(17)9-16(11)19)10-21-15-6-4-13(18)5-7-15/h2-7,9,14,20H,8,10H2,1H3. The van der Waals surface area contributed by atoms with E-state index >= 15 is 0 Å². The van der Waals surface area contributed by atoms with Crippen molar-refractivity contribution in [1.82, 2.24) is 5.32 Å². The van der Waals surface area contributed by atoms with Crippen LogP contribution in [0.3, 0.4) is 0 Å². The van der Waals surface area contributed by atoms with Crippen LogP contribution in [-0.4, -0.2) is 18.8 Å². The number of hydrogen-bond acceptors (Lipinski definition) is 2. The van der Waals surface area contributed by atoms with Gasteiger partial charge in [0, 0.05) is 21.7 Å². The Balaban J connectivity index is 1.95. The van der Waals surface area contributed by atoms with E-state index in [4.69, 9.17) is 11.6 Å². The normalized spacial score (nSPS) is 12.4. The summed E-state index contributed by atoms with van der Waals surface area (Å²) in [5.74, 6) is 0.242. The molecule has 0 heterocycles. The van der Waals surface area contributed by atoms with E-state index in [-0.39, 0.29) is 17.7 Å². The molecule has 0 saturated heterocycles. The van der Waals surface area contributed by atoms with Crippen molar-refractivity contribution in [2.24, 2.45) is 0 Å². The fraction of sp³-hybridized carbons (Fsp3) is 0.250. The number of thioether (sulfide) groups is 1. The van der Waals surface area contributed by atoms with Gasteiger partial charge in [0.25, 0.3) is 0 Å². The number of rotatable bonds is 6. The lowest BCUT2D eigenvalue weighted by atomic mass is 10.1. The van der Waals surface area contributed by atoms with Crippen LogP contribution in [-0.2, 0) is 6.42 Å². The van der Waals surface area contributed by atoms with E-state index < -0.39 is 0 Å². The Morgan fingerprint density at radius 1 is 1.14 bits per heavy atom.